The molecule has 0 aliphatic carbocycles. The Morgan fingerprint density at radius 2 is 1.94 bits per heavy atom. The molecule has 31 heavy (non-hydrogen) atoms. The highest BCUT2D eigenvalue weighted by Crippen LogP contribution is 2.24. The maximum absolute atomic E-state index is 14.0. The van der Waals surface area contributed by atoms with E-state index in [9.17, 15) is 9.18 Å². The van der Waals surface area contributed by atoms with Crippen molar-refractivity contribution in [2.24, 2.45) is 0 Å². The average Bonchev–Trinajstić information content (AvgIpc) is 3.40. The molecule has 0 atom stereocenters. The van der Waals surface area contributed by atoms with E-state index in [0.29, 0.717) is 22.6 Å². The van der Waals surface area contributed by atoms with Crippen LogP contribution in [0.15, 0.2) is 76.2 Å². The van der Waals surface area contributed by atoms with Crippen LogP contribution in [0.4, 0.5) is 4.39 Å². The maximum Gasteiger partial charge on any atom is 0.350 e. The molecule has 5 rings (SSSR count). The fourth-order valence-corrected chi connectivity index (χ4v) is 3.33. The van der Waals surface area contributed by atoms with E-state index in [2.05, 4.69) is 15.2 Å². The second-order valence-electron chi connectivity index (χ2n) is 6.81. The summed E-state index contributed by atoms with van der Waals surface area (Å²) in [5.74, 6) is 0.320. The summed E-state index contributed by atoms with van der Waals surface area (Å²) in [6, 6.07) is 17.4. The molecule has 0 bridgehead atoms. The van der Waals surface area contributed by atoms with Crippen molar-refractivity contribution in [3.8, 4) is 28.6 Å². The second kappa shape index (κ2) is 7.52. The zero-order valence-corrected chi connectivity index (χ0v) is 16.4. The van der Waals surface area contributed by atoms with Gasteiger partial charge in [0.1, 0.15) is 0 Å². The van der Waals surface area contributed by atoms with Gasteiger partial charge in [0.05, 0.1) is 19.2 Å². The van der Waals surface area contributed by atoms with Crippen molar-refractivity contribution in [2.75, 3.05) is 7.11 Å². The molecule has 0 spiro atoms. The molecule has 0 unspecified atom stereocenters. The average molecular weight is 417 g/mol. The van der Waals surface area contributed by atoms with Gasteiger partial charge in [-0.05, 0) is 29.8 Å². The van der Waals surface area contributed by atoms with Crippen LogP contribution in [0.25, 0.3) is 28.5 Å². The molecule has 9 heteroatoms. The van der Waals surface area contributed by atoms with Crippen molar-refractivity contribution in [2.45, 2.75) is 6.54 Å². The monoisotopic (exact) mass is 417 g/mol. The van der Waals surface area contributed by atoms with Gasteiger partial charge in [-0.15, -0.1) is 5.10 Å². The zero-order valence-electron chi connectivity index (χ0n) is 16.4. The molecule has 0 fully saturated rings. The Labute approximate surface area is 175 Å². The van der Waals surface area contributed by atoms with Crippen molar-refractivity contribution < 1.29 is 13.7 Å². The predicted octanol–water partition coefficient (Wildman–Crippen LogP) is 3.41. The number of nitrogens with zero attached hydrogens (tertiary/aromatic N) is 5. The molecule has 3 aromatic heterocycles. The molecule has 0 radical (unpaired) electrons. The maximum atomic E-state index is 14.0. The summed E-state index contributed by atoms with van der Waals surface area (Å²) in [6.07, 6.45) is 1.60. The summed E-state index contributed by atoms with van der Waals surface area (Å²) in [7, 11) is 1.40. The van der Waals surface area contributed by atoms with Crippen LogP contribution in [0.1, 0.15) is 5.56 Å². The first kappa shape index (κ1) is 18.7. The van der Waals surface area contributed by atoms with Crippen LogP contribution in [0.3, 0.4) is 0 Å². The first-order valence-electron chi connectivity index (χ1n) is 9.44. The van der Waals surface area contributed by atoms with E-state index in [1.807, 2.05) is 30.3 Å². The number of rotatable bonds is 5. The zero-order chi connectivity index (χ0) is 21.4. The van der Waals surface area contributed by atoms with Crippen LogP contribution in [0.2, 0.25) is 0 Å². The minimum Gasteiger partial charge on any atom is -0.494 e. The summed E-state index contributed by atoms with van der Waals surface area (Å²) in [5.41, 5.74) is 1.91. The Balaban J connectivity index is 1.54. The molecular weight excluding hydrogens is 401 g/mol. The minimum absolute atomic E-state index is 0.0972. The van der Waals surface area contributed by atoms with Gasteiger partial charge < -0.3 is 9.26 Å². The normalized spacial score (nSPS) is 11.2. The Bertz CT molecular complexity index is 1440. The van der Waals surface area contributed by atoms with Crippen molar-refractivity contribution in [3.05, 3.63) is 88.7 Å². The number of hydrogen-bond donors (Lipinski definition) is 0. The van der Waals surface area contributed by atoms with E-state index in [1.165, 1.54) is 28.3 Å². The molecule has 2 aromatic carbocycles. The summed E-state index contributed by atoms with van der Waals surface area (Å²) in [4.78, 5) is 17.3. The smallest absolute Gasteiger partial charge is 0.350 e. The number of methoxy groups -OCH3 is 1. The van der Waals surface area contributed by atoms with Gasteiger partial charge in [-0.2, -0.15) is 4.98 Å². The van der Waals surface area contributed by atoms with Crippen LogP contribution >= 0.6 is 0 Å². The van der Waals surface area contributed by atoms with Crippen molar-refractivity contribution >= 4 is 5.65 Å². The molecule has 0 saturated carbocycles. The summed E-state index contributed by atoms with van der Waals surface area (Å²) in [5, 5.41) is 8.45. The lowest BCUT2D eigenvalue weighted by atomic mass is 10.2. The van der Waals surface area contributed by atoms with E-state index >= 15 is 0 Å². The Hall–Kier alpha value is -4.27. The number of pyridine rings is 1. The number of hydrogen-bond acceptors (Lipinski definition) is 6. The molecule has 0 aliphatic rings. The number of aromatic nitrogens is 5. The Morgan fingerprint density at radius 1 is 1.10 bits per heavy atom. The highest BCUT2D eigenvalue weighted by Gasteiger charge is 2.18. The lowest BCUT2D eigenvalue weighted by Gasteiger charge is -2.04. The quantitative estimate of drug-likeness (QED) is 0.436. The van der Waals surface area contributed by atoms with E-state index < -0.39 is 5.82 Å². The molecule has 154 valence electrons. The van der Waals surface area contributed by atoms with Crippen LogP contribution in [0.5, 0.6) is 5.75 Å². The standard InChI is InChI=1S/C22H16FN5O3/c1-30-18-10-9-14(12-17(18)23)13-28-22(29)27-11-5-8-16(20(27)25-28)21-24-19(26-31-21)15-6-3-2-4-7-15/h2-12H,13H2,1H3. The number of fused-ring (bicyclic) bond motifs is 1. The van der Waals surface area contributed by atoms with Gasteiger partial charge in [-0.3, -0.25) is 0 Å². The molecule has 5 aromatic rings. The topological polar surface area (TPSA) is 87.4 Å². The second-order valence-corrected chi connectivity index (χ2v) is 6.81. The summed E-state index contributed by atoms with van der Waals surface area (Å²) < 4.78 is 27.0. The highest BCUT2D eigenvalue weighted by atomic mass is 19.1. The highest BCUT2D eigenvalue weighted by molar-refractivity contribution is 5.72. The number of benzene rings is 2. The minimum atomic E-state index is -0.503. The lowest BCUT2D eigenvalue weighted by molar-refractivity contribution is 0.386. The molecule has 0 N–H and O–H groups in total. The molecule has 0 aliphatic heterocycles. The lowest BCUT2D eigenvalue weighted by Crippen LogP contribution is -2.21. The van der Waals surface area contributed by atoms with Crippen molar-refractivity contribution in [1.29, 1.82) is 0 Å². The van der Waals surface area contributed by atoms with Gasteiger partial charge in [0.2, 0.25) is 5.82 Å². The summed E-state index contributed by atoms with van der Waals surface area (Å²) in [6.45, 7) is 0.0972. The van der Waals surface area contributed by atoms with Crippen molar-refractivity contribution in [3.63, 3.8) is 0 Å². The number of ether oxygens (including phenoxy) is 1. The Morgan fingerprint density at radius 3 is 2.71 bits per heavy atom. The molecular formula is C22H16FN5O3. The van der Waals surface area contributed by atoms with Crippen LogP contribution in [-0.2, 0) is 6.54 Å². The number of halogens is 1. The van der Waals surface area contributed by atoms with Gasteiger partial charge in [0.15, 0.2) is 17.2 Å². The van der Waals surface area contributed by atoms with Crippen LogP contribution < -0.4 is 10.4 Å². The molecule has 0 amide bonds. The third kappa shape index (κ3) is 3.35. The summed E-state index contributed by atoms with van der Waals surface area (Å²) >= 11 is 0. The SMILES string of the molecule is COc1ccc(Cn2nc3c(-c4nc(-c5ccccc5)no4)cccn3c2=O)cc1F. The largest absolute Gasteiger partial charge is 0.494 e. The van der Waals surface area contributed by atoms with E-state index in [0.717, 1.165) is 5.56 Å². The first-order chi connectivity index (χ1) is 15.1. The van der Waals surface area contributed by atoms with E-state index in [4.69, 9.17) is 9.26 Å². The van der Waals surface area contributed by atoms with Gasteiger partial charge in [-0.1, -0.05) is 41.6 Å². The Kier molecular flexibility index (Phi) is 4.55. The van der Waals surface area contributed by atoms with Crippen molar-refractivity contribution in [1.82, 2.24) is 24.3 Å². The van der Waals surface area contributed by atoms with E-state index in [1.54, 1.807) is 24.4 Å². The fourth-order valence-electron chi connectivity index (χ4n) is 3.33. The third-order valence-corrected chi connectivity index (χ3v) is 4.85. The third-order valence-electron chi connectivity index (χ3n) is 4.85. The molecule has 0 saturated heterocycles. The molecule has 8 nitrogen and oxygen atoms in total. The van der Waals surface area contributed by atoms with Gasteiger partial charge in [0.25, 0.3) is 5.89 Å². The van der Waals surface area contributed by atoms with Gasteiger partial charge in [0, 0.05) is 11.8 Å². The van der Waals surface area contributed by atoms with Crippen LogP contribution in [-0.4, -0.2) is 31.4 Å². The van der Waals surface area contributed by atoms with Crippen LogP contribution in [0, 0.1) is 5.82 Å². The van der Waals surface area contributed by atoms with Gasteiger partial charge >= 0.3 is 5.69 Å². The van der Waals surface area contributed by atoms with Gasteiger partial charge in [-0.25, -0.2) is 18.3 Å². The predicted molar refractivity (Wildman–Crippen MR) is 110 cm³/mol. The van der Waals surface area contributed by atoms with E-state index in [-0.39, 0.29) is 23.9 Å². The molecule has 3 heterocycles. The first-order valence-corrected chi connectivity index (χ1v) is 9.44. The fraction of sp³-hybridized carbons (Fsp3) is 0.0909.